The molecule has 0 radical (unpaired) electrons. The highest BCUT2D eigenvalue weighted by Crippen LogP contribution is 2.18. The fourth-order valence-corrected chi connectivity index (χ4v) is 7.01. The highest BCUT2D eigenvalue weighted by molar-refractivity contribution is 8.37. The molecule has 6 N–H and O–H groups in total. The van der Waals surface area contributed by atoms with Crippen molar-refractivity contribution in [2.45, 2.75) is 78.9 Å². The maximum atomic E-state index is 13.0. The Labute approximate surface area is 362 Å². The van der Waals surface area contributed by atoms with E-state index >= 15 is 0 Å². The molecular weight excluding hydrogens is 863 g/mol. The summed E-state index contributed by atoms with van der Waals surface area (Å²) in [5.41, 5.74) is -3.88. The summed E-state index contributed by atoms with van der Waals surface area (Å²) in [4.78, 5) is 102. The van der Waals surface area contributed by atoms with Crippen molar-refractivity contribution in [3.05, 3.63) is 0 Å². The van der Waals surface area contributed by atoms with Crippen LogP contribution in [0.3, 0.4) is 0 Å². The smallest absolute Gasteiger partial charge is 0.273 e. The molecule has 0 bridgehead atoms. The van der Waals surface area contributed by atoms with Crippen LogP contribution in [0.1, 0.15) is 62.3 Å². The number of nitrogens with zero attached hydrogens (tertiary/aromatic N) is 1. The van der Waals surface area contributed by atoms with Crippen molar-refractivity contribution in [3.8, 4) is 0 Å². The molecule has 24 heteroatoms. The number of nitrogens with one attached hydrogen (secondary N) is 6. The number of ether oxygens (including phenoxy) is 1. The van der Waals surface area contributed by atoms with E-state index in [0.717, 1.165) is 35.3 Å². The van der Waals surface area contributed by atoms with Crippen LogP contribution in [0.15, 0.2) is 0 Å². The third kappa shape index (κ3) is 25.7. The monoisotopic (exact) mass is 919 g/mol. The van der Waals surface area contributed by atoms with Gasteiger partial charge in [-0.3, -0.25) is 43.3 Å². The van der Waals surface area contributed by atoms with E-state index in [9.17, 15) is 38.4 Å². The predicted octanol–water partition coefficient (Wildman–Crippen LogP) is 2.45. The lowest BCUT2D eigenvalue weighted by Gasteiger charge is -2.29. The zero-order valence-corrected chi connectivity index (χ0v) is 38.8. The SMILES string of the molecule is CCOSC(=O)SCC(=O)NC(C)(C)C(=O)NCCN(CCNC(=O)C(C)(C)NC(=O)CSC(=O)SOCC)CCNC(=O)C(C)(C)NC(=O)CSC(=S)OCC. The molecule has 0 unspecified atom stereocenters. The summed E-state index contributed by atoms with van der Waals surface area (Å²) in [6, 6.07) is 0. The second kappa shape index (κ2) is 29.0. The molecule has 57 heavy (non-hydrogen) atoms. The normalized spacial score (nSPS) is 11.6. The van der Waals surface area contributed by atoms with Gasteiger partial charge >= 0.3 is 0 Å². The van der Waals surface area contributed by atoms with Crippen LogP contribution in [0, 0.1) is 0 Å². The number of thioether (sulfide) groups is 3. The Hall–Kier alpha value is -2.32. The molecule has 0 aromatic rings. The zero-order chi connectivity index (χ0) is 43.7. The van der Waals surface area contributed by atoms with Crippen molar-refractivity contribution in [1.82, 2.24) is 36.8 Å². The first-order valence-electron chi connectivity index (χ1n) is 17.8. The average molecular weight is 920 g/mol. The van der Waals surface area contributed by atoms with Crippen LogP contribution >= 0.6 is 71.6 Å². The zero-order valence-electron chi connectivity index (χ0n) is 33.9. The summed E-state index contributed by atoms with van der Waals surface area (Å²) >= 11 is 8.86. The maximum Gasteiger partial charge on any atom is 0.273 e. The van der Waals surface area contributed by atoms with Crippen LogP contribution in [-0.2, 0) is 41.9 Å². The lowest BCUT2D eigenvalue weighted by atomic mass is 10.0. The van der Waals surface area contributed by atoms with Gasteiger partial charge in [0.2, 0.25) is 39.8 Å². The largest absolute Gasteiger partial charge is 0.479 e. The Morgan fingerprint density at radius 1 is 0.526 bits per heavy atom. The molecule has 0 saturated carbocycles. The van der Waals surface area contributed by atoms with Gasteiger partial charge in [0.1, 0.15) is 16.6 Å². The molecule has 0 aliphatic rings. The van der Waals surface area contributed by atoms with E-state index in [2.05, 4.69) is 31.9 Å². The van der Waals surface area contributed by atoms with Crippen molar-refractivity contribution in [2.75, 3.05) is 76.3 Å². The van der Waals surface area contributed by atoms with E-state index in [1.807, 2.05) is 4.90 Å². The van der Waals surface area contributed by atoms with Gasteiger partial charge in [-0.2, -0.15) is 0 Å². The summed E-state index contributed by atoms with van der Waals surface area (Å²) in [7, 11) is 0. The Bertz CT molecular complexity index is 1320. The molecule has 0 heterocycles. The number of amides is 6. The number of carbonyl (C=O) groups is 8. The summed E-state index contributed by atoms with van der Waals surface area (Å²) < 4.78 is 14.5. The summed E-state index contributed by atoms with van der Waals surface area (Å²) in [6.07, 6.45) is 0. The van der Waals surface area contributed by atoms with Crippen molar-refractivity contribution >= 4 is 120 Å². The maximum absolute atomic E-state index is 13.0. The molecule has 0 aliphatic carbocycles. The van der Waals surface area contributed by atoms with Crippen molar-refractivity contribution in [2.24, 2.45) is 0 Å². The van der Waals surface area contributed by atoms with Gasteiger partial charge in [-0.25, -0.2) is 0 Å². The van der Waals surface area contributed by atoms with Crippen molar-refractivity contribution < 1.29 is 51.5 Å². The van der Waals surface area contributed by atoms with Crippen LogP contribution in [0.25, 0.3) is 0 Å². The first kappa shape index (κ1) is 54.7. The third-order valence-corrected chi connectivity index (χ3v) is 11.5. The fourth-order valence-electron chi connectivity index (χ4n) is 4.10. The Morgan fingerprint density at radius 3 is 1.14 bits per heavy atom. The van der Waals surface area contributed by atoms with Gasteiger partial charge in [0, 0.05) is 39.3 Å². The minimum Gasteiger partial charge on any atom is -0.479 e. The Balaban J connectivity index is 5.39. The molecular formula is C33H57N7O11S6. The minimum absolute atomic E-state index is 0.0275. The van der Waals surface area contributed by atoms with Crippen LogP contribution in [-0.4, -0.2) is 147 Å². The first-order valence-corrected chi connectivity index (χ1v) is 22.7. The molecule has 0 atom stereocenters. The van der Waals surface area contributed by atoms with Gasteiger partial charge in [-0.15, -0.1) is 0 Å². The Kier molecular flexibility index (Phi) is 27.8. The Morgan fingerprint density at radius 2 is 0.842 bits per heavy atom. The quantitative estimate of drug-likeness (QED) is 0.0540. The van der Waals surface area contributed by atoms with Gasteiger partial charge in [-0.05, 0) is 74.5 Å². The summed E-state index contributed by atoms with van der Waals surface area (Å²) in [5.74, 6) is -3.28. The van der Waals surface area contributed by atoms with Crippen molar-refractivity contribution in [3.63, 3.8) is 0 Å². The number of hydrogen-bond acceptors (Lipinski definition) is 18. The summed E-state index contributed by atoms with van der Waals surface area (Å²) in [5, 5.41) is 16.3. The predicted molar refractivity (Wildman–Crippen MR) is 233 cm³/mol. The first-order chi connectivity index (χ1) is 26.6. The standard InChI is InChI=1S/C33H57N7O11S6/c1-10-49-30(52)55-21-24(43)39-33(8,9)27(46)36-15-18-40(16-13-34-25(44)31(4,5)37-22(41)19-53-28(47)56-50-11-2)17-14-35-26(45)32(6,7)38-23(42)20-54-29(48)57-51-12-3/h10-21H2,1-9H3,(H,34,44)(H,35,45)(H,36,46)(H,37,41)(H,38,42)(H,39,43). The molecule has 6 amide bonds. The molecule has 0 rings (SSSR count). The van der Waals surface area contributed by atoms with E-state index in [0.29, 0.717) is 43.9 Å². The molecule has 0 aromatic carbocycles. The molecule has 18 nitrogen and oxygen atoms in total. The second-order valence-corrected chi connectivity index (χ2v) is 18.7. The van der Waals surface area contributed by atoms with Crippen LogP contribution in [0.2, 0.25) is 0 Å². The molecule has 0 fully saturated rings. The molecule has 0 saturated heterocycles. The second-order valence-electron chi connectivity index (χ2n) is 13.2. The minimum atomic E-state index is -1.31. The highest BCUT2D eigenvalue weighted by Gasteiger charge is 2.32. The highest BCUT2D eigenvalue weighted by atomic mass is 32.2. The summed E-state index contributed by atoms with van der Waals surface area (Å²) in [6.45, 7) is 16.7. The molecule has 326 valence electrons. The number of hydrogen-bond donors (Lipinski definition) is 6. The number of rotatable bonds is 26. The van der Waals surface area contributed by atoms with E-state index < -0.39 is 52.1 Å². The third-order valence-electron chi connectivity index (χ3n) is 6.91. The van der Waals surface area contributed by atoms with Crippen LogP contribution in [0.5, 0.6) is 0 Å². The lowest BCUT2D eigenvalue weighted by Crippen LogP contribution is -2.57. The number of carbonyl (C=O) groups excluding carboxylic acids is 8. The lowest BCUT2D eigenvalue weighted by molar-refractivity contribution is -0.131. The van der Waals surface area contributed by atoms with Gasteiger partial charge in [-0.1, -0.05) is 35.3 Å². The van der Waals surface area contributed by atoms with E-state index in [-0.39, 0.29) is 69.8 Å². The fraction of sp³-hybridized carbons (Fsp3) is 0.727. The number of thiocarbonyl (C=S) groups is 1. The van der Waals surface area contributed by atoms with Crippen molar-refractivity contribution in [1.29, 1.82) is 0 Å². The van der Waals surface area contributed by atoms with Gasteiger partial charge in [0.25, 0.3) is 8.89 Å². The topological polar surface area (TPSA) is 240 Å². The van der Waals surface area contributed by atoms with E-state index in [1.54, 1.807) is 34.6 Å². The van der Waals surface area contributed by atoms with Crippen LogP contribution < -0.4 is 31.9 Å². The molecule has 0 spiro atoms. The van der Waals surface area contributed by atoms with Crippen LogP contribution in [0.4, 0.5) is 9.59 Å². The molecule has 0 aromatic heterocycles. The van der Waals surface area contributed by atoms with E-state index in [1.165, 1.54) is 27.7 Å². The van der Waals surface area contributed by atoms with E-state index in [4.69, 9.17) is 25.3 Å². The molecule has 0 aliphatic heterocycles. The van der Waals surface area contributed by atoms with Gasteiger partial charge in [0.15, 0.2) is 0 Å². The average Bonchev–Trinajstić information content (AvgIpc) is 3.12. The van der Waals surface area contributed by atoms with Gasteiger partial charge in [0.05, 0.1) is 61.2 Å². The van der Waals surface area contributed by atoms with Gasteiger partial charge < -0.3 is 45.0 Å².